The second-order valence-corrected chi connectivity index (χ2v) is 4.09. The molecule has 0 fully saturated rings. The number of hydrogen-bond acceptors (Lipinski definition) is 3. The number of nitrogens with one attached hydrogen (secondary N) is 1. The lowest BCUT2D eigenvalue weighted by molar-refractivity contribution is 0.0915. The average molecular weight is 246 g/mol. The smallest absolute Gasteiger partial charge is 0.252 e. The Hall–Kier alpha value is -2.02. The molecule has 0 bridgehead atoms. The Morgan fingerprint density at radius 3 is 2.61 bits per heavy atom. The van der Waals surface area contributed by atoms with Crippen LogP contribution in [0.1, 0.15) is 37.0 Å². The Bertz CT molecular complexity index is 459. The zero-order valence-electron chi connectivity index (χ0n) is 11.0. The molecule has 0 saturated heterocycles. The third-order valence-corrected chi connectivity index (χ3v) is 3.11. The highest BCUT2D eigenvalue weighted by molar-refractivity contribution is 5.95. The fourth-order valence-electron chi connectivity index (χ4n) is 1.67. The van der Waals surface area contributed by atoms with E-state index in [9.17, 15) is 10.1 Å². The van der Waals surface area contributed by atoms with Crippen molar-refractivity contribution in [2.45, 2.75) is 32.2 Å². The summed E-state index contributed by atoms with van der Waals surface area (Å²) >= 11 is 0. The fourth-order valence-corrected chi connectivity index (χ4v) is 1.67. The molecule has 1 aromatic carbocycles. The highest BCUT2D eigenvalue weighted by Crippen LogP contribution is 2.17. The van der Waals surface area contributed by atoms with E-state index in [2.05, 4.69) is 11.4 Å². The van der Waals surface area contributed by atoms with E-state index in [1.165, 1.54) is 0 Å². The number of methoxy groups -OCH3 is 1. The normalized spacial score (nSPS) is 10.6. The van der Waals surface area contributed by atoms with E-state index >= 15 is 0 Å². The van der Waals surface area contributed by atoms with Crippen LogP contribution in [0.2, 0.25) is 0 Å². The quantitative estimate of drug-likeness (QED) is 0.868. The summed E-state index contributed by atoms with van der Waals surface area (Å²) < 4.78 is 5.07. The summed E-state index contributed by atoms with van der Waals surface area (Å²) in [5.74, 6) is 0.373. The van der Waals surface area contributed by atoms with Crippen LogP contribution in [-0.2, 0) is 0 Å². The Labute approximate surface area is 108 Å². The number of nitrogens with zero attached hydrogens (tertiary/aromatic N) is 1. The van der Waals surface area contributed by atoms with Crippen LogP contribution in [0.5, 0.6) is 5.75 Å². The fraction of sp³-hybridized carbons (Fsp3) is 0.429. The van der Waals surface area contributed by atoms with Crippen molar-refractivity contribution >= 4 is 5.91 Å². The number of nitriles is 1. The molecular formula is C14H18N2O2. The molecule has 4 heteroatoms. The largest absolute Gasteiger partial charge is 0.497 e. The molecule has 0 aromatic heterocycles. The molecule has 0 radical (unpaired) electrons. The van der Waals surface area contributed by atoms with Gasteiger partial charge in [-0.3, -0.25) is 4.79 Å². The summed E-state index contributed by atoms with van der Waals surface area (Å²) in [5, 5.41) is 12.0. The molecule has 0 aliphatic heterocycles. The minimum absolute atomic E-state index is 0.251. The first-order valence-corrected chi connectivity index (χ1v) is 5.98. The van der Waals surface area contributed by atoms with Crippen LogP contribution in [0.15, 0.2) is 24.3 Å². The lowest BCUT2D eigenvalue weighted by atomic mass is 9.94. The van der Waals surface area contributed by atoms with E-state index in [4.69, 9.17) is 4.74 Å². The van der Waals surface area contributed by atoms with E-state index in [0.29, 0.717) is 24.2 Å². The molecule has 4 nitrogen and oxygen atoms in total. The van der Waals surface area contributed by atoms with Gasteiger partial charge >= 0.3 is 0 Å². The van der Waals surface area contributed by atoms with E-state index in [-0.39, 0.29) is 5.91 Å². The Morgan fingerprint density at radius 1 is 1.44 bits per heavy atom. The van der Waals surface area contributed by atoms with Gasteiger partial charge in [0.25, 0.3) is 5.91 Å². The summed E-state index contributed by atoms with van der Waals surface area (Å²) in [5.41, 5.74) is -0.295. The monoisotopic (exact) mass is 246 g/mol. The van der Waals surface area contributed by atoms with Crippen LogP contribution < -0.4 is 10.1 Å². The maximum Gasteiger partial charge on any atom is 0.252 e. The molecule has 96 valence electrons. The van der Waals surface area contributed by atoms with E-state index in [0.717, 1.165) is 0 Å². The van der Waals surface area contributed by atoms with Gasteiger partial charge in [0, 0.05) is 5.56 Å². The van der Waals surface area contributed by atoms with Crippen LogP contribution in [-0.4, -0.2) is 18.6 Å². The molecule has 1 aromatic rings. The molecule has 1 rings (SSSR count). The van der Waals surface area contributed by atoms with Crippen LogP contribution in [0.25, 0.3) is 0 Å². The highest BCUT2D eigenvalue weighted by Gasteiger charge is 2.28. The Morgan fingerprint density at radius 2 is 2.11 bits per heavy atom. The first-order valence-electron chi connectivity index (χ1n) is 5.98. The molecule has 0 aliphatic rings. The van der Waals surface area contributed by atoms with Gasteiger partial charge in [0.05, 0.1) is 13.2 Å². The second-order valence-electron chi connectivity index (χ2n) is 4.09. The first-order chi connectivity index (χ1) is 8.60. The predicted octanol–water partition coefficient (Wildman–Crippen LogP) is 2.51. The minimum Gasteiger partial charge on any atom is -0.497 e. The van der Waals surface area contributed by atoms with Gasteiger partial charge in [0.1, 0.15) is 11.3 Å². The van der Waals surface area contributed by atoms with Crippen molar-refractivity contribution < 1.29 is 9.53 Å². The van der Waals surface area contributed by atoms with Gasteiger partial charge in [-0.25, -0.2) is 0 Å². The number of benzene rings is 1. The van der Waals surface area contributed by atoms with E-state index in [1.807, 2.05) is 13.8 Å². The number of hydrogen-bond donors (Lipinski definition) is 1. The highest BCUT2D eigenvalue weighted by atomic mass is 16.5. The molecule has 1 amide bonds. The molecule has 0 atom stereocenters. The topological polar surface area (TPSA) is 62.1 Å². The van der Waals surface area contributed by atoms with Gasteiger partial charge in [-0.1, -0.05) is 19.9 Å². The van der Waals surface area contributed by atoms with Crippen LogP contribution in [0.4, 0.5) is 0 Å². The van der Waals surface area contributed by atoms with Crippen molar-refractivity contribution in [3.8, 4) is 11.8 Å². The van der Waals surface area contributed by atoms with Crippen LogP contribution in [0.3, 0.4) is 0 Å². The molecule has 0 heterocycles. The van der Waals surface area contributed by atoms with Crippen molar-refractivity contribution in [1.82, 2.24) is 5.32 Å². The van der Waals surface area contributed by atoms with Gasteiger partial charge in [-0.05, 0) is 31.0 Å². The molecule has 1 N–H and O–H groups in total. The SMILES string of the molecule is CCC(C#N)(CC)NC(=O)c1cccc(OC)c1. The average Bonchev–Trinajstić information content (AvgIpc) is 2.44. The van der Waals surface area contributed by atoms with Crippen LogP contribution in [0, 0.1) is 11.3 Å². The summed E-state index contributed by atoms with van der Waals surface area (Å²) in [6.07, 6.45) is 1.16. The van der Waals surface area contributed by atoms with Gasteiger partial charge in [-0.15, -0.1) is 0 Å². The summed E-state index contributed by atoms with van der Waals surface area (Å²) in [7, 11) is 1.55. The predicted molar refractivity (Wildman–Crippen MR) is 69.4 cm³/mol. The van der Waals surface area contributed by atoms with Gasteiger partial charge in [0.2, 0.25) is 0 Å². The maximum absolute atomic E-state index is 12.1. The van der Waals surface area contributed by atoms with Crippen molar-refractivity contribution in [1.29, 1.82) is 5.26 Å². The second kappa shape index (κ2) is 6.06. The third-order valence-electron chi connectivity index (χ3n) is 3.11. The number of carbonyl (C=O) groups is 1. The summed E-state index contributed by atoms with van der Waals surface area (Å²) in [4.78, 5) is 12.1. The maximum atomic E-state index is 12.1. The van der Waals surface area contributed by atoms with E-state index in [1.54, 1.807) is 31.4 Å². The lowest BCUT2D eigenvalue weighted by Crippen LogP contribution is -2.46. The lowest BCUT2D eigenvalue weighted by Gasteiger charge is -2.24. The van der Waals surface area contributed by atoms with E-state index < -0.39 is 5.54 Å². The van der Waals surface area contributed by atoms with Crippen molar-refractivity contribution in [3.05, 3.63) is 29.8 Å². The standard InChI is InChI=1S/C14H18N2O2/c1-4-14(5-2,10-15)16-13(17)11-7-6-8-12(9-11)18-3/h6-9H,4-5H2,1-3H3,(H,16,17). The Kier molecular flexibility index (Phi) is 4.73. The molecule has 0 saturated carbocycles. The summed E-state index contributed by atoms with van der Waals surface area (Å²) in [6.45, 7) is 3.77. The zero-order chi connectivity index (χ0) is 13.6. The minimum atomic E-state index is -0.792. The van der Waals surface area contributed by atoms with Crippen molar-refractivity contribution in [3.63, 3.8) is 0 Å². The molecule has 0 spiro atoms. The van der Waals surface area contributed by atoms with Gasteiger partial charge in [0.15, 0.2) is 0 Å². The first kappa shape index (κ1) is 14.0. The van der Waals surface area contributed by atoms with Gasteiger partial charge < -0.3 is 10.1 Å². The number of ether oxygens (including phenoxy) is 1. The summed E-state index contributed by atoms with van der Waals surface area (Å²) in [6, 6.07) is 9.06. The van der Waals surface area contributed by atoms with Gasteiger partial charge in [-0.2, -0.15) is 5.26 Å². The van der Waals surface area contributed by atoms with Crippen molar-refractivity contribution in [2.24, 2.45) is 0 Å². The molecule has 18 heavy (non-hydrogen) atoms. The zero-order valence-corrected chi connectivity index (χ0v) is 11.0. The Balaban J connectivity index is 2.91. The molecule has 0 aliphatic carbocycles. The molecular weight excluding hydrogens is 228 g/mol. The van der Waals surface area contributed by atoms with Crippen LogP contribution >= 0.6 is 0 Å². The molecule has 0 unspecified atom stereocenters. The van der Waals surface area contributed by atoms with Crippen molar-refractivity contribution in [2.75, 3.05) is 7.11 Å². The number of carbonyl (C=O) groups excluding carboxylic acids is 1. The third kappa shape index (κ3) is 3.01. The number of rotatable bonds is 5. The number of amides is 1.